The zero-order valence-corrected chi connectivity index (χ0v) is 13.4. The van der Waals surface area contributed by atoms with Crippen LogP contribution in [-0.4, -0.2) is 15.9 Å². The summed E-state index contributed by atoms with van der Waals surface area (Å²) < 4.78 is 0. The zero-order valence-electron chi connectivity index (χ0n) is 11.1. The third-order valence-corrected chi connectivity index (χ3v) is 4.59. The fourth-order valence-corrected chi connectivity index (χ4v) is 3.29. The van der Waals surface area contributed by atoms with Gasteiger partial charge in [0.15, 0.2) is 5.69 Å². The average molecular weight is 350 g/mol. The van der Waals surface area contributed by atoms with Gasteiger partial charge in [0.05, 0.1) is 16.1 Å². The van der Waals surface area contributed by atoms with Crippen LogP contribution in [0.15, 0.2) is 52.4 Å². The van der Waals surface area contributed by atoms with Crippen LogP contribution in [0.3, 0.4) is 0 Å². The standard InChI is InChI=1S/C15H9Cl2N3OS/c16-8-5-6-12(9(17)7-8)22-15-13(14(18)21)19-10-3-1-2-4-11(10)20-15/h1-7H,(H2,18,21). The van der Waals surface area contributed by atoms with E-state index >= 15 is 0 Å². The van der Waals surface area contributed by atoms with Crippen LogP contribution in [0.2, 0.25) is 10.0 Å². The van der Waals surface area contributed by atoms with E-state index in [4.69, 9.17) is 28.9 Å². The molecule has 0 atom stereocenters. The Kier molecular flexibility index (Phi) is 4.20. The fraction of sp³-hybridized carbons (Fsp3) is 0. The Balaban J connectivity index is 2.12. The van der Waals surface area contributed by atoms with E-state index < -0.39 is 5.91 Å². The Morgan fingerprint density at radius 2 is 1.73 bits per heavy atom. The summed E-state index contributed by atoms with van der Waals surface area (Å²) >= 11 is 13.3. The van der Waals surface area contributed by atoms with Gasteiger partial charge in [-0.25, -0.2) is 9.97 Å². The molecule has 1 heterocycles. The first-order valence-electron chi connectivity index (χ1n) is 6.24. The van der Waals surface area contributed by atoms with Crippen LogP contribution < -0.4 is 5.73 Å². The highest BCUT2D eigenvalue weighted by molar-refractivity contribution is 7.99. The van der Waals surface area contributed by atoms with Gasteiger partial charge in [-0.2, -0.15) is 0 Å². The molecule has 110 valence electrons. The molecule has 0 fully saturated rings. The number of carbonyl (C=O) groups excluding carboxylic acids is 1. The van der Waals surface area contributed by atoms with E-state index in [2.05, 4.69) is 9.97 Å². The Morgan fingerprint density at radius 3 is 2.36 bits per heavy atom. The molecule has 4 nitrogen and oxygen atoms in total. The topological polar surface area (TPSA) is 68.9 Å². The number of para-hydroxylation sites is 2. The minimum Gasteiger partial charge on any atom is -0.364 e. The van der Waals surface area contributed by atoms with Gasteiger partial charge in [-0.05, 0) is 30.3 Å². The van der Waals surface area contributed by atoms with Gasteiger partial charge in [0.1, 0.15) is 5.03 Å². The summed E-state index contributed by atoms with van der Waals surface area (Å²) in [5.74, 6) is -0.633. The normalized spacial score (nSPS) is 10.8. The summed E-state index contributed by atoms with van der Waals surface area (Å²) in [6.45, 7) is 0. The smallest absolute Gasteiger partial charge is 0.270 e. The van der Waals surface area contributed by atoms with Gasteiger partial charge < -0.3 is 5.73 Å². The van der Waals surface area contributed by atoms with Crippen molar-refractivity contribution >= 4 is 51.9 Å². The van der Waals surface area contributed by atoms with E-state index in [9.17, 15) is 4.79 Å². The predicted octanol–water partition coefficient (Wildman–Crippen LogP) is 4.19. The summed E-state index contributed by atoms with van der Waals surface area (Å²) in [6.07, 6.45) is 0. The average Bonchev–Trinajstić information content (AvgIpc) is 2.49. The van der Waals surface area contributed by atoms with Crippen molar-refractivity contribution in [2.45, 2.75) is 9.92 Å². The number of rotatable bonds is 3. The fourth-order valence-electron chi connectivity index (χ4n) is 1.88. The minimum absolute atomic E-state index is 0.120. The molecule has 0 spiro atoms. The van der Waals surface area contributed by atoms with Crippen LogP contribution in [0.1, 0.15) is 10.5 Å². The van der Waals surface area contributed by atoms with Crippen molar-refractivity contribution in [1.29, 1.82) is 0 Å². The van der Waals surface area contributed by atoms with Crippen molar-refractivity contribution in [1.82, 2.24) is 9.97 Å². The van der Waals surface area contributed by atoms with Gasteiger partial charge in [0.2, 0.25) is 0 Å². The molecule has 0 aliphatic carbocycles. The Bertz CT molecular complexity index is 886. The molecule has 3 aromatic rings. The first-order chi connectivity index (χ1) is 10.5. The molecule has 0 aliphatic heterocycles. The van der Waals surface area contributed by atoms with E-state index in [0.29, 0.717) is 26.1 Å². The third kappa shape index (κ3) is 3.02. The Labute approximate surface area is 140 Å². The van der Waals surface area contributed by atoms with Crippen LogP contribution >= 0.6 is 35.0 Å². The molecule has 0 saturated carbocycles. The third-order valence-electron chi connectivity index (χ3n) is 2.87. The highest BCUT2D eigenvalue weighted by atomic mass is 35.5. The van der Waals surface area contributed by atoms with Crippen LogP contribution in [0.4, 0.5) is 0 Å². The van der Waals surface area contributed by atoms with Crippen molar-refractivity contribution < 1.29 is 4.79 Å². The van der Waals surface area contributed by atoms with E-state index in [1.807, 2.05) is 18.2 Å². The lowest BCUT2D eigenvalue weighted by molar-refractivity contribution is 0.0992. The van der Waals surface area contributed by atoms with Crippen molar-refractivity contribution in [2.24, 2.45) is 5.73 Å². The van der Waals surface area contributed by atoms with Gasteiger partial charge in [-0.1, -0.05) is 47.1 Å². The second-order valence-corrected chi connectivity index (χ2v) is 6.28. The van der Waals surface area contributed by atoms with Crippen LogP contribution in [0.5, 0.6) is 0 Å². The first-order valence-corrected chi connectivity index (χ1v) is 7.81. The van der Waals surface area contributed by atoms with Crippen molar-refractivity contribution in [3.05, 3.63) is 58.2 Å². The maximum atomic E-state index is 11.6. The number of nitrogens with zero attached hydrogens (tertiary/aromatic N) is 2. The minimum atomic E-state index is -0.633. The van der Waals surface area contributed by atoms with Crippen molar-refractivity contribution in [3.63, 3.8) is 0 Å². The van der Waals surface area contributed by atoms with Crippen LogP contribution in [0.25, 0.3) is 11.0 Å². The van der Waals surface area contributed by atoms with Crippen LogP contribution in [-0.2, 0) is 0 Å². The van der Waals surface area contributed by atoms with Crippen LogP contribution in [0, 0.1) is 0 Å². The maximum Gasteiger partial charge on any atom is 0.270 e. The molecule has 2 N–H and O–H groups in total. The second-order valence-electron chi connectivity index (χ2n) is 4.41. The highest BCUT2D eigenvalue weighted by Crippen LogP contribution is 2.35. The number of halogens is 2. The SMILES string of the molecule is NC(=O)c1nc2ccccc2nc1Sc1ccc(Cl)cc1Cl. The number of amides is 1. The molecule has 7 heteroatoms. The molecule has 1 aromatic heterocycles. The lowest BCUT2D eigenvalue weighted by atomic mass is 10.3. The monoisotopic (exact) mass is 349 g/mol. The maximum absolute atomic E-state index is 11.6. The lowest BCUT2D eigenvalue weighted by Crippen LogP contribution is -2.15. The molecule has 1 amide bonds. The van der Waals surface area contributed by atoms with E-state index in [-0.39, 0.29) is 5.69 Å². The first kappa shape index (κ1) is 15.1. The zero-order chi connectivity index (χ0) is 15.7. The van der Waals surface area contributed by atoms with Gasteiger partial charge >= 0.3 is 0 Å². The van der Waals surface area contributed by atoms with Gasteiger partial charge in [0.25, 0.3) is 5.91 Å². The molecule has 0 radical (unpaired) electrons. The van der Waals surface area contributed by atoms with Crippen molar-refractivity contribution in [2.75, 3.05) is 0 Å². The largest absolute Gasteiger partial charge is 0.364 e. The molecular weight excluding hydrogens is 341 g/mol. The molecule has 0 unspecified atom stereocenters. The quantitative estimate of drug-likeness (QED) is 0.769. The highest BCUT2D eigenvalue weighted by Gasteiger charge is 2.16. The molecule has 22 heavy (non-hydrogen) atoms. The molecule has 0 saturated heterocycles. The van der Waals surface area contributed by atoms with Gasteiger partial charge in [-0.3, -0.25) is 4.79 Å². The van der Waals surface area contributed by atoms with Crippen molar-refractivity contribution in [3.8, 4) is 0 Å². The number of carbonyl (C=O) groups is 1. The number of nitrogens with two attached hydrogens (primary N) is 1. The number of primary amides is 1. The van der Waals surface area contributed by atoms with Gasteiger partial charge in [-0.15, -0.1) is 0 Å². The Hall–Kier alpha value is -1.82. The molecule has 0 bridgehead atoms. The number of hydrogen-bond acceptors (Lipinski definition) is 4. The van der Waals surface area contributed by atoms with E-state index in [1.54, 1.807) is 24.3 Å². The van der Waals surface area contributed by atoms with E-state index in [1.165, 1.54) is 11.8 Å². The van der Waals surface area contributed by atoms with Gasteiger partial charge in [0, 0.05) is 9.92 Å². The summed E-state index contributed by atoms with van der Waals surface area (Å²) in [7, 11) is 0. The summed E-state index contributed by atoms with van der Waals surface area (Å²) in [5, 5.41) is 1.42. The second kappa shape index (κ2) is 6.12. The molecule has 2 aromatic carbocycles. The predicted molar refractivity (Wildman–Crippen MR) is 88.6 cm³/mol. The number of fused-ring (bicyclic) bond motifs is 1. The summed E-state index contributed by atoms with van der Waals surface area (Å²) in [4.78, 5) is 21.1. The number of aromatic nitrogens is 2. The molecular formula is C15H9Cl2N3OS. The van der Waals surface area contributed by atoms with E-state index in [0.717, 1.165) is 4.90 Å². The molecule has 3 rings (SSSR count). The summed E-state index contributed by atoms with van der Waals surface area (Å²) in [5.41, 5.74) is 6.83. The molecule has 0 aliphatic rings. The lowest BCUT2D eigenvalue weighted by Gasteiger charge is -2.08. The summed E-state index contributed by atoms with van der Waals surface area (Å²) in [6, 6.07) is 12.4. The number of hydrogen-bond donors (Lipinski definition) is 1. The Morgan fingerprint density at radius 1 is 1.05 bits per heavy atom. The number of benzene rings is 2.